The van der Waals surface area contributed by atoms with Gasteiger partial charge in [-0.2, -0.15) is 0 Å². The first-order valence-electron chi connectivity index (χ1n) is 7.60. The number of nitrogens with two attached hydrogens (primary N) is 1. The molecule has 3 aromatic heterocycles. The van der Waals surface area contributed by atoms with Gasteiger partial charge >= 0.3 is 0 Å². The average Bonchev–Trinajstić information content (AvgIpc) is 3.23. The molecule has 0 spiro atoms. The molecule has 25 heavy (non-hydrogen) atoms. The summed E-state index contributed by atoms with van der Waals surface area (Å²) in [6, 6.07) is 11.0. The van der Waals surface area contributed by atoms with Gasteiger partial charge in [-0.05, 0) is 35.4 Å². The van der Waals surface area contributed by atoms with E-state index in [0.29, 0.717) is 33.5 Å². The molecule has 0 bridgehead atoms. The van der Waals surface area contributed by atoms with Crippen molar-refractivity contribution in [2.24, 2.45) is 0 Å². The van der Waals surface area contributed by atoms with E-state index in [1.807, 2.05) is 41.8 Å². The third kappa shape index (κ3) is 2.58. The Hall–Kier alpha value is -3.07. The van der Waals surface area contributed by atoms with Gasteiger partial charge in [0, 0.05) is 11.4 Å². The van der Waals surface area contributed by atoms with E-state index in [2.05, 4.69) is 24.9 Å². The van der Waals surface area contributed by atoms with Gasteiger partial charge in [0.1, 0.15) is 21.3 Å². The second-order valence-corrected chi connectivity index (χ2v) is 6.70. The number of rotatable bonds is 4. The predicted octanol–water partition coefficient (Wildman–Crippen LogP) is 2.25. The standard InChI is InChI=1S/C16H14N6O2S/c1-2-22-12-8-13(25(23)10-6-4-3-5-7-10)18-9-11(12)19-16(22)14-15(17)21-24-20-14/h3-9H,2H2,1H3,(H2,17,21). The van der Waals surface area contributed by atoms with Gasteiger partial charge in [0.25, 0.3) is 0 Å². The molecule has 0 aliphatic heterocycles. The molecule has 0 aliphatic carbocycles. The molecule has 2 N–H and O–H groups in total. The summed E-state index contributed by atoms with van der Waals surface area (Å²) >= 11 is 0. The Morgan fingerprint density at radius 2 is 2.04 bits per heavy atom. The van der Waals surface area contributed by atoms with E-state index in [1.54, 1.807) is 12.3 Å². The van der Waals surface area contributed by atoms with Gasteiger partial charge in [-0.1, -0.05) is 18.2 Å². The molecular formula is C16H14N6O2S. The molecule has 3 heterocycles. The van der Waals surface area contributed by atoms with Crippen LogP contribution in [0.3, 0.4) is 0 Å². The van der Waals surface area contributed by atoms with Crippen LogP contribution < -0.4 is 5.73 Å². The fourth-order valence-corrected chi connectivity index (χ4v) is 3.64. The highest BCUT2D eigenvalue weighted by atomic mass is 32.2. The third-order valence-corrected chi connectivity index (χ3v) is 5.10. The van der Waals surface area contributed by atoms with Crippen LogP contribution in [0.15, 0.2) is 57.1 Å². The topological polar surface area (TPSA) is 113 Å². The Labute approximate surface area is 145 Å². The minimum Gasteiger partial charge on any atom is -0.379 e. The molecule has 0 aliphatic rings. The molecular weight excluding hydrogens is 340 g/mol. The van der Waals surface area contributed by atoms with E-state index in [1.165, 1.54) is 0 Å². The molecule has 1 atom stereocenters. The monoisotopic (exact) mass is 354 g/mol. The van der Waals surface area contributed by atoms with E-state index < -0.39 is 10.8 Å². The number of hydrogen-bond donors (Lipinski definition) is 1. The Balaban J connectivity index is 1.86. The van der Waals surface area contributed by atoms with Crippen molar-refractivity contribution in [3.8, 4) is 11.5 Å². The number of pyridine rings is 1. The Morgan fingerprint density at radius 1 is 1.24 bits per heavy atom. The summed E-state index contributed by atoms with van der Waals surface area (Å²) in [5.74, 6) is 0.715. The summed E-state index contributed by atoms with van der Waals surface area (Å²) in [4.78, 5) is 9.52. The number of nitrogens with zero attached hydrogens (tertiary/aromatic N) is 5. The van der Waals surface area contributed by atoms with E-state index >= 15 is 0 Å². The summed E-state index contributed by atoms with van der Waals surface area (Å²) in [5.41, 5.74) is 7.63. The second kappa shape index (κ2) is 6.10. The number of aryl methyl sites for hydroxylation is 1. The number of hydrogen-bond acceptors (Lipinski definition) is 7. The van der Waals surface area contributed by atoms with Crippen LogP contribution in [0, 0.1) is 0 Å². The average molecular weight is 354 g/mol. The van der Waals surface area contributed by atoms with E-state index in [4.69, 9.17) is 5.73 Å². The van der Waals surface area contributed by atoms with Gasteiger partial charge < -0.3 is 10.3 Å². The Bertz CT molecular complexity index is 1070. The van der Waals surface area contributed by atoms with E-state index in [-0.39, 0.29) is 5.82 Å². The molecule has 0 amide bonds. The fourth-order valence-electron chi connectivity index (χ4n) is 2.63. The van der Waals surface area contributed by atoms with Crippen molar-refractivity contribution < 1.29 is 8.84 Å². The van der Waals surface area contributed by atoms with Gasteiger partial charge in [-0.15, -0.1) is 0 Å². The first-order chi connectivity index (χ1) is 12.2. The van der Waals surface area contributed by atoms with Gasteiger partial charge in [0.15, 0.2) is 17.3 Å². The van der Waals surface area contributed by atoms with Crippen LogP contribution in [0.2, 0.25) is 0 Å². The van der Waals surface area contributed by atoms with Crippen molar-refractivity contribution in [2.45, 2.75) is 23.4 Å². The summed E-state index contributed by atoms with van der Waals surface area (Å²) < 4.78 is 19.3. The number of fused-ring (bicyclic) bond motifs is 1. The summed E-state index contributed by atoms with van der Waals surface area (Å²) in [6.45, 7) is 2.60. The van der Waals surface area contributed by atoms with Crippen molar-refractivity contribution in [2.75, 3.05) is 5.73 Å². The second-order valence-electron chi connectivity index (χ2n) is 5.27. The quantitative estimate of drug-likeness (QED) is 0.598. The zero-order valence-electron chi connectivity index (χ0n) is 13.3. The maximum atomic E-state index is 12.7. The number of nitrogen functional groups attached to an aromatic ring is 1. The summed E-state index contributed by atoms with van der Waals surface area (Å²) in [6.07, 6.45) is 1.60. The largest absolute Gasteiger partial charge is 0.379 e. The molecule has 0 fully saturated rings. The lowest BCUT2D eigenvalue weighted by Crippen LogP contribution is -2.01. The Morgan fingerprint density at radius 3 is 2.72 bits per heavy atom. The van der Waals surface area contributed by atoms with Crippen molar-refractivity contribution in [3.05, 3.63) is 42.6 Å². The third-order valence-electron chi connectivity index (χ3n) is 3.80. The van der Waals surface area contributed by atoms with Gasteiger partial charge in [-0.25, -0.2) is 18.8 Å². The molecule has 4 rings (SSSR count). The van der Waals surface area contributed by atoms with Crippen LogP contribution in [-0.2, 0) is 17.3 Å². The first kappa shape index (κ1) is 15.5. The van der Waals surface area contributed by atoms with Crippen molar-refractivity contribution >= 4 is 27.7 Å². The van der Waals surface area contributed by atoms with Crippen LogP contribution in [0.25, 0.3) is 22.6 Å². The minimum atomic E-state index is -1.37. The fraction of sp³-hybridized carbons (Fsp3) is 0.125. The van der Waals surface area contributed by atoms with Crippen LogP contribution in [0.5, 0.6) is 0 Å². The maximum absolute atomic E-state index is 12.7. The van der Waals surface area contributed by atoms with Gasteiger partial charge in [-0.3, -0.25) is 0 Å². The summed E-state index contributed by atoms with van der Waals surface area (Å²) in [7, 11) is -1.37. The lowest BCUT2D eigenvalue weighted by atomic mass is 10.4. The predicted molar refractivity (Wildman–Crippen MR) is 92.0 cm³/mol. The number of benzene rings is 1. The summed E-state index contributed by atoms with van der Waals surface area (Å²) in [5, 5.41) is 7.88. The molecule has 1 unspecified atom stereocenters. The van der Waals surface area contributed by atoms with Crippen molar-refractivity contribution in [1.82, 2.24) is 24.8 Å². The SMILES string of the molecule is CCn1c(-c2nonc2N)nc2cnc(S(=O)c3ccccc3)cc21. The molecule has 9 heteroatoms. The van der Waals surface area contributed by atoms with Crippen LogP contribution in [0.1, 0.15) is 6.92 Å². The lowest BCUT2D eigenvalue weighted by molar-refractivity contribution is 0.310. The molecule has 8 nitrogen and oxygen atoms in total. The zero-order chi connectivity index (χ0) is 17.4. The number of aromatic nitrogens is 5. The molecule has 0 saturated carbocycles. The smallest absolute Gasteiger partial charge is 0.199 e. The Kier molecular flexibility index (Phi) is 3.77. The molecule has 1 aromatic carbocycles. The molecule has 0 saturated heterocycles. The van der Waals surface area contributed by atoms with Gasteiger partial charge in [0.2, 0.25) is 0 Å². The van der Waals surface area contributed by atoms with E-state index in [9.17, 15) is 4.21 Å². The highest BCUT2D eigenvalue weighted by Crippen LogP contribution is 2.27. The highest BCUT2D eigenvalue weighted by molar-refractivity contribution is 7.85. The maximum Gasteiger partial charge on any atom is 0.199 e. The van der Waals surface area contributed by atoms with Crippen LogP contribution >= 0.6 is 0 Å². The lowest BCUT2D eigenvalue weighted by Gasteiger charge is -2.05. The molecule has 4 aromatic rings. The molecule has 0 radical (unpaired) electrons. The number of imidazole rings is 1. The van der Waals surface area contributed by atoms with Crippen molar-refractivity contribution in [1.29, 1.82) is 0 Å². The van der Waals surface area contributed by atoms with Crippen molar-refractivity contribution in [3.63, 3.8) is 0 Å². The van der Waals surface area contributed by atoms with E-state index in [0.717, 1.165) is 5.52 Å². The normalized spacial score (nSPS) is 12.5. The van der Waals surface area contributed by atoms with Crippen LogP contribution in [0.4, 0.5) is 5.82 Å². The van der Waals surface area contributed by atoms with Gasteiger partial charge in [0.05, 0.1) is 11.7 Å². The molecule has 126 valence electrons. The van der Waals surface area contributed by atoms with Crippen LogP contribution in [-0.4, -0.2) is 29.1 Å². The number of anilines is 1. The highest BCUT2D eigenvalue weighted by Gasteiger charge is 2.20. The zero-order valence-corrected chi connectivity index (χ0v) is 14.1. The first-order valence-corrected chi connectivity index (χ1v) is 8.75. The minimum absolute atomic E-state index is 0.172.